The topological polar surface area (TPSA) is 213 Å². The van der Waals surface area contributed by atoms with Gasteiger partial charge in [-0.1, -0.05) is 41.5 Å². The summed E-state index contributed by atoms with van der Waals surface area (Å²) >= 11 is 0. The molecule has 5 N–H and O–H groups in total. The van der Waals surface area contributed by atoms with Gasteiger partial charge in [-0.15, -0.1) is 0 Å². The Labute approximate surface area is 299 Å². The van der Waals surface area contributed by atoms with Gasteiger partial charge in [-0.25, -0.2) is 36.8 Å². The van der Waals surface area contributed by atoms with Gasteiger partial charge < -0.3 is 26.0 Å². The highest BCUT2D eigenvalue weighted by molar-refractivity contribution is 7.93. The number of aliphatic hydroxyl groups is 2. The van der Waals surface area contributed by atoms with Crippen molar-refractivity contribution in [2.75, 3.05) is 11.1 Å². The Balaban J connectivity index is 1.25. The number of imidazole rings is 1. The maximum absolute atomic E-state index is 14.3. The van der Waals surface area contributed by atoms with Crippen LogP contribution in [0.15, 0.2) is 95.0 Å². The van der Waals surface area contributed by atoms with Crippen LogP contribution < -0.4 is 11.1 Å². The van der Waals surface area contributed by atoms with Crippen LogP contribution in [0.1, 0.15) is 36.6 Å². The number of sulfone groups is 2. The van der Waals surface area contributed by atoms with Gasteiger partial charge in [0.1, 0.15) is 18.0 Å². The molecule has 0 radical (unpaired) electrons. The van der Waals surface area contributed by atoms with E-state index in [2.05, 4.69) is 10.3 Å². The van der Waals surface area contributed by atoms with Crippen LogP contribution in [0.2, 0.25) is 0 Å². The molecule has 3 aromatic carbocycles. The summed E-state index contributed by atoms with van der Waals surface area (Å²) < 4.78 is 63.8. The summed E-state index contributed by atoms with van der Waals surface area (Å²) in [6.07, 6.45) is -0.922. The van der Waals surface area contributed by atoms with Gasteiger partial charge in [-0.05, 0) is 75.2 Å². The van der Waals surface area contributed by atoms with E-state index in [9.17, 15) is 27.0 Å². The van der Waals surface area contributed by atoms with Crippen LogP contribution >= 0.6 is 0 Å². The van der Waals surface area contributed by atoms with Crippen molar-refractivity contribution in [2.45, 2.75) is 71.6 Å². The van der Waals surface area contributed by atoms with Gasteiger partial charge in [0.25, 0.3) is 0 Å². The normalized spacial score (nSPS) is 21.5. The highest BCUT2D eigenvalue weighted by atomic mass is 32.2. The standard InChI is InChI=1S/C36H35N7O7S2/c1-20-3-11-25(12-4-20)51(46,47)35(44)31-36(45,52(48,49)26-13-5-21(2)6-14-26)18-29(50-31)43-19-38-30-33(39-24-9-10-24)41-32(42-34(30)43)28-15-7-22-17-23(37)8-16-27(22)40-28/h3-8,11-17,19,24,29,31,35,44-45H,9-10,18,37H2,1-2H3,(H,39,41,42)/t29-,31-,35?,36-/m1/s1. The van der Waals surface area contributed by atoms with E-state index in [1.807, 2.05) is 6.07 Å². The van der Waals surface area contributed by atoms with E-state index < -0.39 is 48.8 Å². The number of fused-ring (bicyclic) bond motifs is 2. The Bertz CT molecular complexity index is 2580. The Kier molecular flexibility index (Phi) is 8.07. The van der Waals surface area contributed by atoms with Crippen molar-refractivity contribution in [1.82, 2.24) is 24.5 Å². The average molecular weight is 742 g/mol. The van der Waals surface area contributed by atoms with Crippen LogP contribution in [0, 0.1) is 13.8 Å². The minimum atomic E-state index is -4.76. The molecular formula is C36H35N7O7S2. The van der Waals surface area contributed by atoms with Crippen LogP contribution in [0.3, 0.4) is 0 Å². The molecule has 2 fully saturated rings. The van der Waals surface area contributed by atoms with Crippen LogP contribution in [-0.2, 0) is 24.4 Å². The zero-order valence-corrected chi connectivity index (χ0v) is 29.7. The van der Waals surface area contributed by atoms with E-state index in [1.54, 1.807) is 62.4 Å². The van der Waals surface area contributed by atoms with E-state index in [0.29, 0.717) is 28.2 Å². The smallest absolute Gasteiger partial charge is 0.210 e. The third-order valence-electron chi connectivity index (χ3n) is 9.53. The second-order valence-electron chi connectivity index (χ2n) is 13.4. The number of anilines is 2. The van der Waals surface area contributed by atoms with Gasteiger partial charge in [0.05, 0.1) is 21.6 Å². The molecule has 1 saturated carbocycles. The van der Waals surface area contributed by atoms with Crippen LogP contribution in [0.4, 0.5) is 11.5 Å². The van der Waals surface area contributed by atoms with E-state index in [0.717, 1.165) is 29.4 Å². The maximum atomic E-state index is 14.3. The molecule has 6 aromatic rings. The van der Waals surface area contributed by atoms with E-state index in [1.165, 1.54) is 35.2 Å². The van der Waals surface area contributed by atoms with Crippen LogP contribution in [0.5, 0.6) is 0 Å². The first kappa shape index (κ1) is 34.1. The third-order valence-corrected chi connectivity index (χ3v) is 13.6. The second kappa shape index (κ2) is 12.3. The van der Waals surface area contributed by atoms with Crippen molar-refractivity contribution >= 4 is 53.2 Å². The molecule has 16 heteroatoms. The number of hydrogen-bond acceptors (Lipinski definition) is 13. The van der Waals surface area contributed by atoms with E-state index >= 15 is 0 Å². The van der Waals surface area contributed by atoms with Gasteiger partial charge in [-0.3, -0.25) is 4.57 Å². The fourth-order valence-corrected chi connectivity index (χ4v) is 9.64. The molecule has 52 heavy (non-hydrogen) atoms. The molecule has 2 aliphatic rings. The molecule has 8 rings (SSSR count). The van der Waals surface area contributed by atoms with Crippen molar-refractivity contribution in [1.29, 1.82) is 0 Å². The number of rotatable bonds is 9. The van der Waals surface area contributed by atoms with Crippen molar-refractivity contribution in [2.24, 2.45) is 0 Å². The quantitative estimate of drug-likeness (QED) is 0.154. The highest BCUT2D eigenvalue weighted by Gasteiger charge is 2.62. The number of hydrogen-bond donors (Lipinski definition) is 4. The van der Waals surface area contributed by atoms with Gasteiger partial charge in [0.15, 0.2) is 28.2 Å². The summed E-state index contributed by atoms with van der Waals surface area (Å²) in [6.45, 7) is 3.54. The maximum Gasteiger partial charge on any atom is 0.210 e. The predicted molar refractivity (Wildman–Crippen MR) is 193 cm³/mol. The minimum absolute atomic E-state index is 0.169. The zero-order valence-electron chi connectivity index (χ0n) is 28.1. The number of nitrogen functional groups attached to an aromatic ring is 1. The fraction of sp³-hybridized carbons (Fsp3) is 0.278. The number of nitrogens with one attached hydrogen (secondary N) is 1. The SMILES string of the molecule is Cc1ccc(S(=O)(=O)C(O)[C@H]2O[C@@H](n3cnc4c(NC5CC5)nc(-c5ccc6cc(N)ccc6n5)nc43)C[C@@]2(O)S(=O)(=O)c2ccc(C)cc2)cc1. The predicted octanol–water partition coefficient (Wildman–Crippen LogP) is 4.06. The Morgan fingerprint density at radius 2 is 1.58 bits per heavy atom. The number of nitrogens with two attached hydrogens (primary N) is 1. The molecule has 1 unspecified atom stereocenters. The first-order valence-corrected chi connectivity index (χ1v) is 19.6. The van der Waals surface area contributed by atoms with Crippen molar-refractivity contribution in [3.05, 3.63) is 96.3 Å². The summed E-state index contributed by atoms with van der Waals surface area (Å²) in [5, 5.41) is 28.0. The summed E-state index contributed by atoms with van der Waals surface area (Å²) in [5.41, 5.74) is 7.27. The van der Waals surface area contributed by atoms with E-state index in [4.69, 9.17) is 25.4 Å². The lowest BCUT2D eigenvalue weighted by Crippen LogP contribution is -2.53. The molecule has 268 valence electrons. The number of pyridine rings is 1. The summed E-state index contributed by atoms with van der Waals surface area (Å²) in [7, 11) is -9.40. The Morgan fingerprint density at radius 1 is 0.904 bits per heavy atom. The Morgan fingerprint density at radius 3 is 2.25 bits per heavy atom. The van der Waals surface area contributed by atoms with Crippen LogP contribution in [0.25, 0.3) is 33.6 Å². The van der Waals surface area contributed by atoms with Gasteiger partial charge >= 0.3 is 0 Å². The number of aryl methyl sites for hydroxylation is 2. The number of benzene rings is 3. The van der Waals surface area contributed by atoms with Gasteiger partial charge in [-0.2, -0.15) is 0 Å². The van der Waals surface area contributed by atoms with Gasteiger partial charge in [0, 0.05) is 23.5 Å². The number of aromatic nitrogens is 5. The molecular weight excluding hydrogens is 707 g/mol. The van der Waals surface area contributed by atoms with Crippen LogP contribution in [-0.4, -0.2) is 74.1 Å². The summed E-state index contributed by atoms with van der Waals surface area (Å²) in [4.78, 5) is 15.4. The third kappa shape index (κ3) is 5.76. The molecule has 1 aliphatic carbocycles. The molecule has 0 bridgehead atoms. The molecule has 1 aliphatic heterocycles. The highest BCUT2D eigenvalue weighted by Crippen LogP contribution is 2.47. The molecule has 4 atom stereocenters. The van der Waals surface area contributed by atoms with Crippen molar-refractivity contribution < 1.29 is 31.8 Å². The summed E-state index contributed by atoms with van der Waals surface area (Å²) in [5.74, 6) is 0.648. The molecule has 3 aromatic heterocycles. The first-order valence-electron chi connectivity index (χ1n) is 16.6. The molecule has 0 spiro atoms. The monoisotopic (exact) mass is 741 g/mol. The Hall–Kier alpha value is -5.00. The number of nitrogens with zero attached hydrogens (tertiary/aromatic N) is 5. The lowest BCUT2D eigenvalue weighted by molar-refractivity contribution is -0.0667. The lowest BCUT2D eigenvalue weighted by atomic mass is 10.1. The molecule has 0 amide bonds. The molecule has 1 saturated heterocycles. The number of aliphatic hydroxyl groups excluding tert-OH is 1. The summed E-state index contributed by atoms with van der Waals surface area (Å²) in [6, 6.07) is 20.6. The minimum Gasteiger partial charge on any atom is -0.399 e. The lowest BCUT2D eigenvalue weighted by Gasteiger charge is -2.30. The molecule has 4 heterocycles. The van der Waals surface area contributed by atoms with E-state index in [-0.39, 0.29) is 27.3 Å². The van der Waals surface area contributed by atoms with Gasteiger partial charge in [0.2, 0.25) is 24.6 Å². The second-order valence-corrected chi connectivity index (χ2v) is 17.6. The van der Waals surface area contributed by atoms with Crippen molar-refractivity contribution in [3.8, 4) is 11.5 Å². The number of ether oxygens (including phenoxy) is 1. The fourth-order valence-electron chi connectivity index (χ4n) is 6.39. The first-order chi connectivity index (χ1) is 24.7. The molecule has 14 nitrogen and oxygen atoms in total. The van der Waals surface area contributed by atoms with Crippen molar-refractivity contribution in [3.63, 3.8) is 0 Å². The largest absolute Gasteiger partial charge is 0.399 e. The average Bonchev–Trinajstić information content (AvgIpc) is 3.71. The zero-order chi connectivity index (χ0) is 36.6.